The Hall–Kier alpha value is -2.84. The summed E-state index contributed by atoms with van der Waals surface area (Å²) < 4.78 is 19.7. The summed E-state index contributed by atoms with van der Waals surface area (Å²) in [6.45, 7) is 0.575. The van der Waals surface area contributed by atoms with Crippen LogP contribution < -0.4 is 15.8 Å². The molecular weight excluding hydrogens is 343 g/mol. The number of nitrogens with zero attached hydrogens (tertiary/aromatic N) is 2. The minimum absolute atomic E-state index is 0.132. The van der Waals surface area contributed by atoms with Crippen LogP contribution in [0.5, 0.6) is 11.5 Å². The smallest absolute Gasteiger partial charge is 0.260 e. The van der Waals surface area contributed by atoms with Gasteiger partial charge in [0.15, 0.2) is 0 Å². The highest BCUT2D eigenvalue weighted by molar-refractivity contribution is 7.13. The van der Waals surface area contributed by atoms with E-state index in [4.69, 9.17) is 10.5 Å². The molecule has 6 nitrogen and oxygen atoms in total. The Balaban J connectivity index is 1.75. The van der Waals surface area contributed by atoms with Crippen molar-refractivity contribution >= 4 is 22.4 Å². The molecule has 1 heterocycles. The van der Waals surface area contributed by atoms with Gasteiger partial charge in [0.25, 0.3) is 5.91 Å². The van der Waals surface area contributed by atoms with Crippen molar-refractivity contribution in [3.8, 4) is 11.5 Å². The molecule has 0 atom stereocenters. The van der Waals surface area contributed by atoms with Gasteiger partial charge in [-0.2, -0.15) is 0 Å². The summed E-state index contributed by atoms with van der Waals surface area (Å²) in [4.78, 5) is 12.2. The molecule has 0 aliphatic rings. The zero-order chi connectivity index (χ0) is 17.6. The molecule has 0 aliphatic heterocycles. The Morgan fingerprint density at radius 2 is 1.96 bits per heavy atom. The molecule has 2 aromatic carbocycles. The van der Waals surface area contributed by atoms with Crippen molar-refractivity contribution in [2.75, 3.05) is 11.9 Å². The van der Waals surface area contributed by atoms with Crippen LogP contribution in [0.25, 0.3) is 0 Å². The lowest BCUT2D eigenvalue weighted by Crippen LogP contribution is -2.13. The highest BCUT2D eigenvalue weighted by Crippen LogP contribution is 2.25. The summed E-state index contributed by atoms with van der Waals surface area (Å²) in [6, 6.07) is 11.4. The lowest BCUT2D eigenvalue weighted by Gasteiger charge is -2.09. The fourth-order valence-electron chi connectivity index (χ4n) is 2.16. The first kappa shape index (κ1) is 17.0. The first-order valence-corrected chi connectivity index (χ1v) is 8.37. The molecule has 0 aliphatic carbocycles. The quantitative estimate of drug-likeness (QED) is 0.706. The second kappa shape index (κ2) is 7.82. The van der Waals surface area contributed by atoms with Crippen molar-refractivity contribution < 1.29 is 13.9 Å². The fraction of sp³-hybridized carbons (Fsp3) is 0.118. The maximum Gasteiger partial charge on any atom is 0.260 e. The van der Waals surface area contributed by atoms with E-state index in [0.717, 1.165) is 23.3 Å². The minimum Gasteiger partial charge on any atom is -0.457 e. The standard InChI is InChI=1S/C17H15FN4O2S/c18-15-6-5-13(24-12-3-1-11(2-4-12)7-8-19)9-14(15)16(23)21-17-22-20-10-25-17/h1-6,9-10H,7-8,19H2,(H,21,22,23). The number of anilines is 1. The number of halogens is 1. The van der Waals surface area contributed by atoms with Gasteiger partial charge in [-0.15, -0.1) is 10.2 Å². The van der Waals surface area contributed by atoms with E-state index < -0.39 is 11.7 Å². The van der Waals surface area contributed by atoms with Gasteiger partial charge in [0.2, 0.25) is 5.13 Å². The number of benzene rings is 2. The van der Waals surface area contributed by atoms with E-state index in [9.17, 15) is 9.18 Å². The average Bonchev–Trinajstić information content (AvgIpc) is 3.11. The van der Waals surface area contributed by atoms with Crippen molar-refractivity contribution in [3.63, 3.8) is 0 Å². The van der Waals surface area contributed by atoms with E-state index in [0.29, 0.717) is 23.2 Å². The van der Waals surface area contributed by atoms with Crippen molar-refractivity contribution in [3.05, 3.63) is 64.9 Å². The van der Waals surface area contributed by atoms with E-state index in [1.54, 1.807) is 12.1 Å². The van der Waals surface area contributed by atoms with E-state index >= 15 is 0 Å². The monoisotopic (exact) mass is 358 g/mol. The summed E-state index contributed by atoms with van der Waals surface area (Å²) >= 11 is 1.15. The van der Waals surface area contributed by atoms with Crippen LogP contribution in [0.2, 0.25) is 0 Å². The molecule has 0 fully saturated rings. The Bertz CT molecular complexity index is 854. The van der Waals surface area contributed by atoms with Crippen LogP contribution in [0.1, 0.15) is 15.9 Å². The molecule has 8 heteroatoms. The molecule has 3 aromatic rings. The number of carbonyl (C=O) groups excluding carboxylic acids is 1. The maximum atomic E-state index is 14.0. The van der Waals surface area contributed by atoms with Gasteiger partial charge >= 0.3 is 0 Å². The molecule has 0 unspecified atom stereocenters. The zero-order valence-electron chi connectivity index (χ0n) is 13.1. The largest absolute Gasteiger partial charge is 0.457 e. The maximum absolute atomic E-state index is 14.0. The second-order valence-corrected chi connectivity index (χ2v) is 5.96. The molecule has 3 N–H and O–H groups in total. The van der Waals surface area contributed by atoms with Crippen molar-refractivity contribution in [1.29, 1.82) is 0 Å². The number of rotatable bonds is 6. The van der Waals surface area contributed by atoms with Gasteiger partial charge in [0, 0.05) is 0 Å². The Labute approximate surface area is 147 Å². The van der Waals surface area contributed by atoms with Gasteiger partial charge < -0.3 is 10.5 Å². The van der Waals surface area contributed by atoms with Crippen LogP contribution in [0.15, 0.2) is 48.0 Å². The third kappa shape index (κ3) is 4.37. The third-order valence-corrected chi connectivity index (χ3v) is 3.96. The van der Waals surface area contributed by atoms with E-state index in [1.807, 2.05) is 12.1 Å². The number of nitrogens with one attached hydrogen (secondary N) is 1. The summed E-state index contributed by atoms with van der Waals surface area (Å²) in [5, 5.41) is 10.1. The average molecular weight is 358 g/mol. The predicted octanol–water partition coefficient (Wildman–Crippen LogP) is 3.22. The lowest BCUT2D eigenvalue weighted by molar-refractivity contribution is 0.102. The number of hydrogen-bond acceptors (Lipinski definition) is 6. The zero-order valence-corrected chi connectivity index (χ0v) is 13.9. The molecule has 0 saturated carbocycles. The van der Waals surface area contributed by atoms with Crippen molar-refractivity contribution in [2.24, 2.45) is 5.73 Å². The molecule has 3 rings (SSSR count). The van der Waals surface area contributed by atoms with E-state index in [2.05, 4.69) is 15.5 Å². The molecule has 0 spiro atoms. The van der Waals surface area contributed by atoms with Gasteiger partial charge in [-0.25, -0.2) is 4.39 Å². The minimum atomic E-state index is -0.646. The van der Waals surface area contributed by atoms with Crippen molar-refractivity contribution in [1.82, 2.24) is 10.2 Å². The summed E-state index contributed by atoms with van der Waals surface area (Å²) in [7, 11) is 0. The van der Waals surface area contributed by atoms with E-state index in [1.165, 1.54) is 23.7 Å². The van der Waals surface area contributed by atoms with Gasteiger partial charge in [-0.3, -0.25) is 10.1 Å². The molecule has 25 heavy (non-hydrogen) atoms. The van der Waals surface area contributed by atoms with Crippen LogP contribution >= 0.6 is 11.3 Å². The molecule has 1 amide bonds. The molecule has 1 aromatic heterocycles. The summed E-state index contributed by atoms with van der Waals surface area (Å²) in [5.41, 5.74) is 7.96. The molecule has 0 saturated heterocycles. The normalized spacial score (nSPS) is 10.5. The Morgan fingerprint density at radius 1 is 1.20 bits per heavy atom. The second-order valence-electron chi connectivity index (χ2n) is 5.12. The van der Waals surface area contributed by atoms with Gasteiger partial charge in [0.05, 0.1) is 5.56 Å². The highest BCUT2D eigenvalue weighted by atomic mass is 32.1. The number of nitrogens with two attached hydrogens (primary N) is 1. The van der Waals surface area contributed by atoms with Gasteiger partial charge in [0.1, 0.15) is 22.8 Å². The number of carbonyl (C=O) groups is 1. The summed E-state index contributed by atoms with van der Waals surface area (Å²) in [5.74, 6) is -0.316. The molecular formula is C17H15FN4O2S. The Kier molecular flexibility index (Phi) is 5.32. The summed E-state index contributed by atoms with van der Waals surface area (Å²) in [6.07, 6.45) is 0.784. The van der Waals surface area contributed by atoms with Gasteiger partial charge in [-0.1, -0.05) is 23.5 Å². The number of hydrogen-bond donors (Lipinski definition) is 2. The number of aromatic nitrogens is 2. The topological polar surface area (TPSA) is 90.1 Å². The van der Waals surface area contributed by atoms with Crippen LogP contribution in [0, 0.1) is 5.82 Å². The lowest BCUT2D eigenvalue weighted by atomic mass is 10.1. The predicted molar refractivity (Wildman–Crippen MR) is 93.5 cm³/mol. The molecule has 128 valence electrons. The van der Waals surface area contributed by atoms with Gasteiger partial charge in [-0.05, 0) is 48.9 Å². The van der Waals surface area contributed by atoms with E-state index in [-0.39, 0.29) is 5.56 Å². The van der Waals surface area contributed by atoms with Crippen molar-refractivity contribution in [2.45, 2.75) is 6.42 Å². The first-order chi connectivity index (χ1) is 12.2. The number of ether oxygens (including phenoxy) is 1. The van der Waals surface area contributed by atoms with Crippen LogP contribution in [0.4, 0.5) is 9.52 Å². The highest BCUT2D eigenvalue weighted by Gasteiger charge is 2.15. The molecule has 0 radical (unpaired) electrons. The Morgan fingerprint density at radius 3 is 2.64 bits per heavy atom. The number of amides is 1. The SMILES string of the molecule is NCCc1ccc(Oc2ccc(F)c(C(=O)Nc3nncs3)c2)cc1. The molecule has 0 bridgehead atoms. The van der Waals surface area contributed by atoms with Crippen LogP contribution in [0.3, 0.4) is 0 Å². The van der Waals surface area contributed by atoms with Crippen LogP contribution in [-0.4, -0.2) is 22.6 Å². The fourth-order valence-corrected chi connectivity index (χ4v) is 2.60. The van der Waals surface area contributed by atoms with Crippen LogP contribution in [-0.2, 0) is 6.42 Å². The third-order valence-electron chi connectivity index (χ3n) is 3.36. The first-order valence-electron chi connectivity index (χ1n) is 7.49.